The molecule has 3 nitrogen and oxygen atoms in total. The molecule has 1 aliphatic rings. The average molecular weight is 291 g/mol. The molecule has 20 heavy (non-hydrogen) atoms. The first kappa shape index (κ1) is 13.2. The van der Waals surface area contributed by atoms with Gasteiger partial charge < -0.3 is 10.3 Å². The van der Waals surface area contributed by atoms with Gasteiger partial charge in [-0.15, -0.1) is 0 Å². The zero-order valence-electron chi connectivity index (χ0n) is 10.8. The van der Waals surface area contributed by atoms with E-state index in [4.69, 9.17) is 0 Å². The van der Waals surface area contributed by atoms with Gasteiger partial charge in [0.25, 0.3) is 5.03 Å². The largest absolute Gasteiger partial charge is 0.618 e. The Balaban J connectivity index is 1.81. The molecule has 5 heteroatoms. The highest BCUT2D eigenvalue weighted by Crippen LogP contribution is 2.31. The van der Waals surface area contributed by atoms with Crippen molar-refractivity contribution in [3.05, 3.63) is 58.2 Å². The number of hydrogen-bond acceptors (Lipinski definition) is 3. The van der Waals surface area contributed by atoms with E-state index in [1.54, 1.807) is 12.1 Å². The van der Waals surface area contributed by atoms with E-state index in [1.165, 1.54) is 30.0 Å². The average Bonchev–Trinajstić information content (AvgIpc) is 2.93. The van der Waals surface area contributed by atoms with Crippen LogP contribution in [0.5, 0.6) is 5.75 Å². The molecule has 0 saturated carbocycles. The van der Waals surface area contributed by atoms with Gasteiger partial charge in [-0.25, -0.2) is 4.39 Å². The summed E-state index contributed by atoms with van der Waals surface area (Å²) in [5.41, 5.74) is 2.41. The quantitative estimate of drug-likeness (QED) is 0.537. The molecule has 0 unspecified atom stereocenters. The lowest BCUT2D eigenvalue weighted by Gasteiger charge is -2.10. The maximum absolute atomic E-state index is 12.8. The number of nitrogens with zero attached hydrogens (tertiary/aromatic N) is 1. The first-order chi connectivity index (χ1) is 9.65. The van der Waals surface area contributed by atoms with E-state index in [9.17, 15) is 14.7 Å². The van der Waals surface area contributed by atoms with E-state index in [1.807, 2.05) is 0 Å². The van der Waals surface area contributed by atoms with Crippen molar-refractivity contribution in [3.63, 3.8) is 0 Å². The summed E-state index contributed by atoms with van der Waals surface area (Å²) >= 11 is 1.35. The van der Waals surface area contributed by atoms with Crippen molar-refractivity contribution in [1.29, 1.82) is 0 Å². The van der Waals surface area contributed by atoms with Crippen LogP contribution in [0, 0.1) is 11.0 Å². The van der Waals surface area contributed by atoms with Gasteiger partial charge in [0.15, 0.2) is 0 Å². The normalized spacial score (nSPS) is 13.4. The zero-order valence-corrected chi connectivity index (χ0v) is 11.6. The fraction of sp³-hybridized carbons (Fsp3) is 0.267. The monoisotopic (exact) mass is 291 g/mol. The Morgan fingerprint density at radius 1 is 1.25 bits per heavy atom. The van der Waals surface area contributed by atoms with Crippen molar-refractivity contribution in [1.82, 2.24) is 0 Å². The molecule has 0 amide bonds. The standard InChI is InChI=1S/C15H14FNO2S/c16-11-6-4-10(5-7-11)9-20-15-8-14(18)12-2-1-3-13(12)17(15)19/h4-8,18H,1-3,9H2. The number of fused-ring (bicyclic) bond motifs is 1. The summed E-state index contributed by atoms with van der Waals surface area (Å²) in [4.78, 5) is 0. The summed E-state index contributed by atoms with van der Waals surface area (Å²) < 4.78 is 13.7. The zero-order chi connectivity index (χ0) is 14.1. The van der Waals surface area contributed by atoms with Gasteiger partial charge in [0.1, 0.15) is 11.6 Å². The molecular weight excluding hydrogens is 277 g/mol. The number of halogens is 1. The third-order valence-electron chi connectivity index (χ3n) is 3.50. The Bertz CT molecular complexity index is 643. The Hall–Kier alpha value is -1.75. The van der Waals surface area contributed by atoms with Gasteiger partial charge in [0.05, 0.1) is 11.6 Å². The van der Waals surface area contributed by atoms with Crippen molar-refractivity contribution in [2.45, 2.75) is 30.0 Å². The van der Waals surface area contributed by atoms with Crippen LogP contribution in [0.15, 0.2) is 35.4 Å². The number of aromatic hydroxyl groups is 1. The van der Waals surface area contributed by atoms with Crippen LogP contribution in [-0.4, -0.2) is 5.11 Å². The third kappa shape index (κ3) is 2.45. The molecule has 1 N–H and O–H groups in total. The van der Waals surface area contributed by atoms with Crippen molar-refractivity contribution in [2.75, 3.05) is 0 Å². The molecule has 3 rings (SSSR count). The minimum atomic E-state index is -0.271. The molecule has 0 spiro atoms. The Kier molecular flexibility index (Phi) is 3.53. The minimum Gasteiger partial charge on any atom is -0.618 e. The van der Waals surface area contributed by atoms with Crippen molar-refractivity contribution < 1.29 is 14.2 Å². The van der Waals surface area contributed by atoms with Crippen LogP contribution >= 0.6 is 11.8 Å². The molecule has 0 saturated heterocycles. The van der Waals surface area contributed by atoms with Crippen LogP contribution in [-0.2, 0) is 18.6 Å². The lowest BCUT2D eigenvalue weighted by molar-refractivity contribution is -0.653. The summed E-state index contributed by atoms with van der Waals surface area (Å²) in [6, 6.07) is 7.74. The van der Waals surface area contributed by atoms with Gasteiger partial charge in [-0.1, -0.05) is 23.9 Å². The summed E-state index contributed by atoms with van der Waals surface area (Å²) in [5.74, 6) is 0.514. The first-order valence-electron chi connectivity index (χ1n) is 6.49. The minimum absolute atomic E-state index is 0.214. The summed E-state index contributed by atoms with van der Waals surface area (Å²) in [7, 11) is 0. The Morgan fingerprint density at radius 3 is 2.75 bits per heavy atom. The van der Waals surface area contributed by atoms with Gasteiger partial charge in [0.2, 0.25) is 5.69 Å². The Morgan fingerprint density at radius 2 is 2.00 bits per heavy atom. The summed E-state index contributed by atoms with van der Waals surface area (Å²) in [6.07, 6.45) is 2.40. The molecule has 1 aliphatic carbocycles. The van der Waals surface area contributed by atoms with Crippen LogP contribution in [0.2, 0.25) is 0 Å². The maximum Gasteiger partial charge on any atom is 0.255 e. The number of benzene rings is 1. The number of aromatic nitrogens is 1. The highest BCUT2D eigenvalue weighted by Gasteiger charge is 2.26. The molecule has 0 bridgehead atoms. The van der Waals surface area contributed by atoms with Crippen LogP contribution in [0.4, 0.5) is 4.39 Å². The molecule has 1 heterocycles. The van der Waals surface area contributed by atoms with E-state index in [0.717, 1.165) is 35.1 Å². The summed E-state index contributed by atoms with van der Waals surface area (Å²) in [5, 5.41) is 22.7. The van der Waals surface area contributed by atoms with E-state index in [0.29, 0.717) is 16.5 Å². The van der Waals surface area contributed by atoms with Gasteiger partial charge in [-0.05, 0) is 30.5 Å². The van der Waals surface area contributed by atoms with E-state index < -0.39 is 0 Å². The number of pyridine rings is 1. The molecule has 1 aromatic heterocycles. The molecule has 1 aromatic carbocycles. The van der Waals surface area contributed by atoms with Gasteiger partial charge in [-0.2, -0.15) is 4.73 Å². The van der Waals surface area contributed by atoms with Crippen LogP contribution < -0.4 is 4.73 Å². The van der Waals surface area contributed by atoms with E-state index in [-0.39, 0.29) is 11.6 Å². The van der Waals surface area contributed by atoms with Gasteiger partial charge in [-0.3, -0.25) is 0 Å². The second-order valence-electron chi connectivity index (χ2n) is 4.86. The lowest BCUT2D eigenvalue weighted by Crippen LogP contribution is -2.34. The first-order valence-corrected chi connectivity index (χ1v) is 7.48. The molecule has 0 fully saturated rings. The highest BCUT2D eigenvalue weighted by atomic mass is 32.2. The van der Waals surface area contributed by atoms with Crippen LogP contribution in [0.25, 0.3) is 0 Å². The van der Waals surface area contributed by atoms with Gasteiger partial charge >= 0.3 is 0 Å². The van der Waals surface area contributed by atoms with Gasteiger partial charge in [0, 0.05) is 12.2 Å². The number of hydrogen-bond donors (Lipinski definition) is 1. The SMILES string of the molecule is [O-][n+]1c(SCc2ccc(F)cc2)cc(O)c2c1CCC2. The fourth-order valence-electron chi connectivity index (χ4n) is 2.46. The maximum atomic E-state index is 12.8. The topological polar surface area (TPSA) is 47.2 Å². The number of thioether (sulfide) groups is 1. The van der Waals surface area contributed by atoms with Crippen molar-refractivity contribution >= 4 is 11.8 Å². The van der Waals surface area contributed by atoms with Crippen molar-refractivity contribution in [3.8, 4) is 5.75 Å². The van der Waals surface area contributed by atoms with Crippen molar-refractivity contribution in [2.24, 2.45) is 0 Å². The summed E-state index contributed by atoms with van der Waals surface area (Å²) in [6.45, 7) is 0. The lowest BCUT2D eigenvalue weighted by atomic mass is 10.2. The predicted octanol–water partition coefficient (Wildman–Crippen LogP) is 2.95. The molecular formula is C15H14FNO2S. The predicted molar refractivity (Wildman–Crippen MR) is 75.1 cm³/mol. The van der Waals surface area contributed by atoms with E-state index >= 15 is 0 Å². The van der Waals surface area contributed by atoms with E-state index in [2.05, 4.69) is 0 Å². The second-order valence-corrected chi connectivity index (χ2v) is 5.85. The molecule has 104 valence electrons. The molecule has 0 aliphatic heterocycles. The van der Waals surface area contributed by atoms with Crippen LogP contribution in [0.3, 0.4) is 0 Å². The second kappa shape index (κ2) is 5.32. The molecule has 2 aromatic rings. The highest BCUT2D eigenvalue weighted by molar-refractivity contribution is 7.98. The molecule has 0 radical (unpaired) electrons. The smallest absolute Gasteiger partial charge is 0.255 e. The Labute approximate surface area is 120 Å². The van der Waals surface area contributed by atoms with Crippen LogP contribution in [0.1, 0.15) is 23.2 Å². The number of rotatable bonds is 3. The fourth-order valence-corrected chi connectivity index (χ4v) is 3.39. The third-order valence-corrected chi connectivity index (χ3v) is 4.56. The molecule has 0 atom stereocenters.